The second-order valence-corrected chi connectivity index (χ2v) is 6.26. The van der Waals surface area contributed by atoms with Crippen LogP contribution in [0.15, 0.2) is 54.7 Å². The molecule has 0 aliphatic rings. The Hall–Kier alpha value is -3.54. The lowest BCUT2D eigenvalue weighted by molar-refractivity contribution is -0.116. The summed E-state index contributed by atoms with van der Waals surface area (Å²) in [7, 11) is 0. The molecule has 26 heavy (non-hydrogen) atoms. The fraction of sp³-hybridized carbons (Fsp3) is 0.100. The van der Waals surface area contributed by atoms with Gasteiger partial charge in [-0.3, -0.25) is 9.59 Å². The number of primary amides is 1. The van der Waals surface area contributed by atoms with Gasteiger partial charge < -0.3 is 21.0 Å². The number of nitrogens with one attached hydrogen (secondary N) is 3. The van der Waals surface area contributed by atoms with Crippen molar-refractivity contribution in [2.24, 2.45) is 5.73 Å². The van der Waals surface area contributed by atoms with Crippen LogP contribution in [-0.4, -0.2) is 21.8 Å². The number of nitrogens with two attached hydrogens (primary N) is 1. The first-order valence-electron chi connectivity index (χ1n) is 8.37. The molecule has 0 atom stereocenters. The van der Waals surface area contributed by atoms with Crippen LogP contribution in [0, 0.1) is 0 Å². The smallest absolute Gasteiger partial charge is 0.265 e. The highest BCUT2D eigenvalue weighted by molar-refractivity contribution is 5.99. The zero-order valence-electron chi connectivity index (χ0n) is 14.0. The first kappa shape index (κ1) is 16.0. The van der Waals surface area contributed by atoms with E-state index in [2.05, 4.69) is 21.4 Å². The fourth-order valence-electron chi connectivity index (χ4n) is 3.15. The lowest BCUT2D eigenvalue weighted by Gasteiger charge is -2.05. The maximum atomic E-state index is 12.3. The average Bonchev–Trinajstić information content (AvgIpc) is 3.24. The summed E-state index contributed by atoms with van der Waals surface area (Å²) in [6.07, 6.45) is 3.00. The molecule has 2 aromatic carbocycles. The number of hydrogen-bond acceptors (Lipinski definition) is 2. The van der Waals surface area contributed by atoms with Crippen LogP contribution >= 0.6 is 0 Å². The minimum absolute atomic E-state index is 0.0553. The number of hydrogen-bond donors (Lipinski definition) is 4. The molecule has 6 nitrogen and oxygen atoms in total. The van der Waals surface area contributed by atoms with Crippen molar-refractivity contribution in [3.8, 4) is 0 Å². The molecule has 0 saturated carbocycles. The topological polar surface area (TPSA) is 104 Å². The van der Waals surface area contributed by atoms with Crippen LogP contribution in [0.1, 0.15) is 22.5 Å². The Kier molecular flexibility index (Phi) is 3.93. The molecule has 0 radical (unpaired) electrons. The molecule has 2 heterocycles. The third kappa shape index (κ3) is 3.04. The van der Waals surface area contributed by atoms with Crippen LogP contribution in [0.25, 0.3) is 21.8 Å². The van der Waals surface area contributed by atoms with Crippen LogP contribution in [0.2, 0.25) is 0 Å². The molecule has 2 amide bonds. The minimum atomic E-state index is -0.509. The lowest BCUT2D eigenvalue weighted by Crippen LogP contribution is -2.12. The van der Waals surface area contributed by atoms with Gasteiger partial charge >= 0.3 is 0 Å². The van der Waals surface area contributed by atoms with Crippen LogP contribution in [0.5, 0.6) is 0 Å². The van der Waals surface area contributed by atoms with Crippen LogP contribution in [0.3, 0.4) is 0 Å². The van der Waals surface area contributed by atoms with Gasteiger partial charge in [-0.25, -0.2) is 0 Å². The second kappa shape index (κ2) is 6.40. The number of carbonyl (C=O) groups excluding carboxylic acids is 2. The van der Waals surface area contributed by atoms with Gasteiger partial charge in [-0.05, 0) is 42.3 Å². The summed E-state index contributed by atoms with van der Waals surface area (Å²) in [6, 6.07) is 15.2. The first-order chi connectivity index (χ1) is 12.6. The summed E-state index contributed by atoms with van der Waals surface area (Å²) in [5.74, 6) is -0.564. The van der Waals surface area contributed by atoms with E-state index in [0.717, 1.165) is 27.4 Å². The Bertz CT molecular complexity index is 1120. The second-order valence-electron chi connectivity index (χ2n) is 6.26. The number of carbonyl (C=O) groups is 2. The van der Waals surface area contributed by atoms with Crippen molar-refractivity contribution < 1.29 is 9.59 Å². The molecule has 130 valence electrons. The monoisotopic (exact) mass is 346 g/mol. The van der Waals surface area contributed by atoms with Gasteiger partial charge in [0.05, 0.1) is 0 Å². The molecule has 2 aromatic heterocycles. The third-order valence-corrected chi connectivity index (χ3v) is 4.47. The molecule has 0 unspecified atom stereocenters. The number of aromatic amines is 2. The van der Waals surface area contributed by atoms with E-state index in [-0.39, 0.29) is 5.91 Å². The van der Waals surface area contributed by atoms with Crippen molar-refractivity contribution in [2.45, 2.75) is 12.8 Å². The number of para-hydroxylation sites is 1. The summed E-state index contributed by atoms with van der Waals surface area (Å²) >= 11 is 0. The number of benzene rings is 2. The summed E-state index contributed by atoms with van der Waals surface area (Å²) < 4.78 is 0. The molecule has 0 aliphatic heterocycles. The number of fused-ring (bicyclic) bond motifs is 2. The average molecular weight is 346 g/mol. The molecule has 0 bridgehead atoms. The lowest BCUT2D eigenvalue weighted by atomic mass is 10.1. The summed E-state index contributed by atoms with van der Waals surface area (Å²) in [4.78, 5) is 29.7. The highest BCUT2D eigenvalue weighted by Crippen LogP contribution is 2.21. The molecular weight excluding hydrogens is 328 g/mol. The predicted molar refractivity (Wildman–Crippen MR) is 102 cm³/mol. The molecule has 4 aromatic rings. The minimum Gasteiger partial charge on any atom is -0.364 e. The van der Waals surface area contributed by atoms with Gasteiger partial charge in [0.1, 0.15) is 5.69 Å². The van der Waals surface area contributed by atoms with E-state index in [4.69, 9.17) is 5.73 Å². The number of anilines is 1. The van der Waals surface area contributed by atoms with Gasteiger partial charge in [-0.2, -0.15) is 0 Å². The number of aromatic nitrogens is 2. The summed E-state index contributed by atoms with van der Waals surface area (Å²) in [6.45, 7) is 0. The molecule has 6 heteroatoms. The highest BCUT2D eigenvalue weighted by Gasteiger charge is 2.09. The van der Waals surface area contributed by atoms with E-state index in [1.165, 1.54) is 0 Å². The van der Waals surface area contributed by atoms with Crippen molar-refractivity contribution in [1.82, 2.24) is 9.97 Å². The largest absolute Gasteiger partial charge is 0.364 e. The number of rotatable bonds is 5. The van der Waals surface area contributed by atoms with Crippen LogP contribution in [0.4, 0.5) is 5.69 Å². The molecule has 0 fully saturated rings. The highest BCUT2D eigenvalue weighted by atomic mass is 16.2. The van der Waals surface area contributed by atoms with Crippen molar-refractivity contribution in [1.29, 1.82) is 0 Å². The molecule has 0 saturated heterocycles. The number of amides is 2. The van der Waals surface area contributed by atoms with E-state index < -0.39 is 5.91 Å². The van der Waals surface area contributed by atoms with E-state index >= 15 is 0 Å². The Balaban J connectivity index is 1.44. The van der Waals surface area contributed by atoms with E-state index in [9.17, 15) is 9.59 Å². The van der Waals surface area contributed by atoms with Crippen LogP contribution in [-0.2, 0) is 11.2 Å². The van der Waals surface area contributed by atoms with Gasteiger partial charge in [0.25, 0.3) is 5.91 Å². The Morgan fingerprint density at radius 2 is 1.88 bits per heavy atom. The van der Waals surface area contributed by atoms with Crippen molar-refractivity contribution in [3.05, 3.63) is 66.0 Å². The SMILES string of the molecule is NC(=O)c1cc2cc(NC(=O)CCc3c[nH]c4ccccc34)ccc2[nH]1. The molecule has 4 rings (SSSR count). The normalized spacial score (nSPS) is 11.1. The Labute approximate surface area is 149 Å². The zero-order valence-corrected chi connectivity index (χ0v) is 14.0. The fourth-order valence-corrected chi connectivity index (χ4v) is 3.15. The Morgan fingerprint density at radius 3 is 2.73 bits per heavy atom. The first-order valence-corrected chi connectivity index (χ1v) is 8.37. The quantitative estimate of drug-likeness (QED) is 0.445. The standard InChI is InChI=1S/C20H18N4O2/c21-20(26)18-10-13-9-14(6-7-16(13)24-18)23-19(25)8-5-12-11-22-17-4-2-1-3-15(12)17/h1-4,6-7,9-11,22,24H,5,8H2,(H2,21,26)(H,23,25). The van der Waals surface area contributed by atoms with Crippen LogP contribution < -0.4 is 11.1 Å². The summed E-state index contributed by atoms with van der Waals surface area (Å²) in [5.41, 5.74) is 9.32. The molecule has 5 N–H and O–H groups in total. The van der Waals surface area contributed by atoms with Crippen molar-refractivity contribution >= 4 is 39.3 Å². The molecular formula is C20H18N4O2. The molecule has 0 aliphatic carbocycles. The van der Waals surface area contributed by atoms with E-state index in [0.29, 0.717) is 24.2 Å². The summed E-state index contributed by atoms with van der Waals surface area (Å²) in [5, 5.41) is 4.88. The van der Waals surface area contributed by atoms with Gasteiger partial charge in [-0.1, -0.05) is 18.2 Å². The van der Waals surface area contributed by atoms with Gasteiger partial charge in [0.2, 0.25) is 5.91 Å². The third-order valence-electron chi connectivity index (χ3n) is 4.47. The Morgan fingerprint density at radius 1 is 1.04 bits per heavy atom. The predicted octanol–water partition coefficient (Wildman–Crippen LogP) is 3.32. The zero-order chi connectivity index (χ0) is 18.1. The van der Waals surface area contributed by atoms with Crippen molar-refractivity contribution in [3.63, 3.8) is 0 Å². The maximum absolute atomic E-state index is 12.3. The molecule has 0 spiro atoms. The van der Waals surface area contributed by atoms with Gasteiger partial charge in [-0.15, -0.1) is 0 Å². The number of H-pyrrole nitrogens is 2. The van der Waals surface area contributed by atoms with E-state index in [1.807, 2.05) is 36.5 Å². The van der Waals surface area contributed by atoms with E-state index in [1.54, 1.807) is 12.1 Å². The van der Waals surface area contributed by atoms with Crippen molar-refractivity contribution in [2.75, 3.05) is 5.32 Å². The van der Waals surface area contributed by atoms with Gasteiger partial charge in [0.15, 0.2) is 0 Å². The maximum Gasteiger partial charge on any atom is 0.265 e. The number of aryl methyl sites for hydroxylation is 1. The van der Waals surface area contributed by atoms with Gasteiger partial charge in [0, 0.05) is 40.1 Å².